The summed E-state index contributed by atoms with van der Waals surface area (Å²) in [7, 11) is -2.16. The van der Waals surface area contributed by atoms with Gasteiger partial charge in [-0.3, -0.25) is 0 Å². The van der Waals surface area contributed by atoms with E-state index in [2.05, 4.69) is 37.0 Å². The molecule has 0 saturated carbocycles. The molecule has 186 valence electrons. The smallest absolute Gasteiger partial charge is 0.292 e. The molecule has 0 amide bonds. The summed E-state index contributed by atoms with van der Waals surface area (Å²) >= 11 is 0. The molecule has 3 aliphatic heterocycles. The fourth-order valence-electron chi connectivity index (χ4n) is 4.02. The van der Waals surface area contributed by atoms with Crippen molar-refractivity contribution >= 4 is 7.59 Å². The third-order valence-corrected chi connectivity index (χ3v) is 9.17. The predicted molar refractivity (Wildman–Crippen MR) is 146 cm³/mol. The third kappa shape index (κ3) is 9.00. The summed E-state index contributed by atoms with van der Waals surface area (Å²) in [6.07, 6.45) is 2.26. The summed E-state index contributed by atoms with van der Waals surface area (Å²) in [5.41, 5.74) is 3.30. The van der Waals surface area contributed by atoms with Crippen LogP contribution in [0.4, 0.5) is 0 Å². The van der Waals surface area contributed by atoms with Gasteiger partial charge in [0.25, 0.3) is 7.59 Å². The maximum atomic E-state index is 10.5. The van der Waals surface area contributed by atoms with Gasteiger partial charge in [-0.25, -0.2) is 9.34 Å². The molecule has 3 saturated heterocycles. The first kappa shape index (κ1) is 29.5. The first-order valence-corrected chi connectivity index (χ1v) is 13.4. The summed E-state index contributed by atoms with van der Waals surface area (Å²) in [5.74, 6) is 0. The number of nitrogens with zero attached hydrogens (tertiary/aromatic N) is 3. The normalized spacial score (nSPS) is 24.1. The van der Waals surface area contributed by atoms with Gasteiger partial charge in [-0.05, 0) is 0 Å². The van der Waals surface area contributed by atoms with E-state index in [9.17, 15) is 4.57 Å². The van der Waals surface area contributed by atoms with Crippen molar-refractivity contribution < 1.29 is 30.4 Å². The number of hydrogen-bond donors (Lipinski definition) is 0. The van der Waals surface area contributed by atoms with E-state index < -0.39 is 7.59 Å². The molecule has 3 aliphatic rings. The monoisotopic (exact) mass is 654 g/mol. The van der Waals surface area contributed by atoms with Crippen molar-refractivity contribution in [1.29, 1.82) is 0 Å². The van der Waals surface area contributed by atoms with E-state index in [1.54, 1.807) is 0 Å². The summed E-state index contributed by atoms with van der Waals surface area (Å²) < 4.78 is 14.9. The summed E-state index contributed by atoms with van der Waals surface area (Å²) in [5, 5.41) is 4.69. The van der Waals surface area contributed by atoms with Crippen molar-refractivity contribution in [2.24, 2.45) is 0 Å². The quantitative estimate of drug-likeness (QED) is 0.112. The van der Waals surface area contributed by atoms with E-state index in [1.807, 2.05) is 91.0 Å². The van der Waals surface area contributed by atoms with Gasteiger partial charge in [-0.1, -0.05) is 38.0 Å². The molecule has 6 rings (SSSR count). The molecule has 0 radical (unpaired) electrons. The SMILES string of the molecule is CC12CCN3CCN(CC1)P3(=[OH+])[N-]2.[CH2-]c1ccccc1.[CH2-]c1ccccc1.[CH2-]c1ccccc1.[Hf]. The van der Waals surface area contributed by atoms with E-state index in [4.69, 9.17) is 5.09 Å². The van der Waals surface area contributed by atoms with E-state index in [1.165, 1.54) is 0 Å². The Hall–Kier alpha value is -1.75. The molecule has 0 aromatic heterocycles. The Kier molecular flexibility index (Phi) is 11.9. The number of fused-ring (bicyclic) bond motifs is 1. The second-order valence-corrected chi connectivity index (χ2v) is 11.4. The average molecular weight is 653 g/mol. The molecule has 35 heavy (non-hydrogen) atoms. The van der Waals surface area contributed by atoms with Crippen LogP contribution in [0.5, 0.6) is 0 Å². The van der Waals surface area contributed by atoms with E-state index in [0.717, 1.165) is 55.7 Å². The molecule has 3 aromatic rings. The Bertz CT molecular complexity index is 924. The fraction of sp³-hybridized carbons (Fsp3) is 0.276. The standard InChI is InChI=1S/C8H15N3OP.3C7H7.Hf/c1-8-2-4-10-6-7-11(5-3-8)13(10,12)9-8;3*1-7-5-3-2-4-6-7;/h2-7H2,1H3;3*2-6H,1H2;/q4*-1;/p+1. The Morgan fingerprint density at radius 1 is 0.657 bits per heavy atom. The fourth-order valence-corrected chi connectivity index (χ4v) is 6.93. The van der Waals surface area contributed by atoms with Crippen LogP contribution in [-0.4, -0.2) is 45.6 Å². The van der Waals surface area contributed by atoms with E-state index >= 15 is 0 Å². The first-order valence-electron chi connectivity index (χ1n) is 11.8. The van der Waals surface area contributed by atoms with Crippen molar-refractivity contribution in [2.45, 2.75) is 25.3 Å². The summed E-state index contributed by atoms with van der Waals surface area (Å²) in [4.78, 5) is 0. The Balaban J connectivity index is 0.000000172. The molecule has 0 unspecified atom stereocenters. The minimum Gasteiger partial charge on any atom is -0.523 e. The topological polar surface area (TPSA) is 42.0 Å². The van der Waals surface area contributed by atoms with Crippen LogP contribution < -0.4 is 0 Å². The van der Waals surface area contributed by atoms with Crippen LogP contribution in [0, 0.1) is 20.8 Å². The largest absolute Gasteiger partial charge is 0.523 e. The maximum absolute atomic E-state index is 10.5. The Morgan fingerprint density at radius 3 is 1.23 bits per heavy atom. The van der Waals surface area contributed by atoms with Crippen LogP contribution in [0.3, 0.4) is 0 Å². The molecule has 3 aromatic carbocycles. The van der Waals surface area contributed by atoms with Crippen molar-refractivity contribution in [1.82, 2.24) is 9.34 Å². The Morgan fingerprint density at radius 2 is 0.971 bits per heavy atom. The van der Waals surface area contributed by atoms with Gasteiger partial charge in [-0.2, -0.15) is 73.9 Å². The average Bonchev–Trinajstić information content (AvgIpc) is 3.20. The van der Waals surface area contributed by atoms with Gasteiger partial charge in [0.2, 0.25) is 0 Å². The van der Waals surface area contributed by atoms with Crippen molar-refractivity contribution in [2.75, 3.05) is 26.2 Å². The number of benzene rings is 3. The minimum atomic E-state index is -2.16. The van der Waals surface area contributed by atoms with E-state index in [0.29, 0.717) is 0 Å². The first-order chi connectivity index (χ1) is 16.3. The molecule has 0 aliphatic carbocycles. The number of hydrogen-bond acceptors (Lipinski definition) is 0. The summed E-state index contributed by atoms with van der Waals surface area (Å²) in [6, 6.07) is 29.6. The number of rotatable bonds is 0. The van der Waals surface area contributed by atoms with Crippen LogP contribution in [-0.2, 0) is 25.8 Å². The maximum Gasteiger partial charge on any atom is 0.292 e. The van der Waals surface area contributed by atoms with Gasteiger partial charge in [0.15, 0.2) is 0 Å². The van der Waals surface area contributed by atoms with Gasteiger partial charge in [0.1, 0.15) is 0 Å². The molecular formula is C29H37HfN3OP-3. The minimum absolute atomic E-state index is 0. The summed E-state index contributed by atoms with van der Waals surface area (Å²) in [6.45, 7) is 17.5. The molecule has 2 bridgehead atoms. The second-order valence-electron chi connectivity index (χ2n) is 9.00. The van der Waals surface area contributed by atoms with Crippen molar-refractivity contribution in [3.05, 3.63) is 134 Å². The van der Waals surface area contributed by atoms with Crippen molar-refractivity contribution in [3.8, 4) is 0 Å². The van der Waals surface area contributed by atoms with Crippen LogP contribution >= 0.6 is 7.59 Å². The van der Waals surface area contributed by atoms with Crippen molar-refractivity contribution in [3.63, 3.8) is 0 Å². The Labute approximate surface area is 231 Å². The van der Waals surface area contributed by atoms with Gasteiger partial charge in [-0.15, -0.1) is 41.9 Å². The second kappa shape index (κ2) is 14.1. The van der Waals surface area contributed by atoms with Gasteiger partial charge in [0.05, 0.1) is 0 Å². The third-order valence-electron chi connectivity index (χ3n) is 6.10. The molecule has 3 fully saturated rings. The van der Waals surface area contributed by atoms with Gasteiger partial charge < -0.3 is 9.65 Å². The zero-order chi connectivity index (χ0) is 24.4. The molecule has 0 spiro atoms. The molecular weight excluding hydrogens is 616 g/mol. The molecule has 3 heterocycles. The molecule has 0 atom stereocenters. The van der Waals surface area contributed by atoms with Gasteiger partial charge >= 0.3 is 0 Å². The molecule has 6 heteroatoms. The predicted octanol–water partition coefficient (Wildman–Crippen LogP) is 7.20. The van der Waals surface area contributed by atoms with Gasteiger partial charge in [0, 0.05) is 52.0 Å². The zero-order valence-electron chi connectivity index (χ0n) is 20.8. The molecule has 4 nitrogen and oxygen atoms in total. The van der Waals surface area contributed by atoms with E-state index in [-0.39, 0.29) is 31.4 Å². The van der Waals surface area contributed by atoms with Crippen LogP contribution in [0.25, 0.3) is 5.09 Å². The van der Waals surface area contributed by atoms with Crippen LogP contribution in [0.2, 0.25) is 0 Å². The zero-order valence-corrected chi connectivity index (χ0v) is 25.2. The molecule has 1 N–H and O–H groups in total. The van der Waals surface area contributed by atoms with Crippen LogP contribution in [0.1, 0.15) is 36.5 Å². The van der Waals surface area contributed by atoms with Crippen LogP contribution in [0.15, 0.2) is 91.0 Å².